The molecule has 34 heavy (non-hydrogen) atoms. The molecule has 0 atom stereocenters. The van der Waals surface area contributed by atoms with Crippen molar-refractivity contribution in [3.63, 3.8) is 0 Å². The highest BCUT2D eigenvalue weighted by atomic mass is 35.5. The minimum absolute atomic E-state index is 0.0466. The van der Waals surface area contributed by atoms with Crippen molar-refractivity contribution in [1.82, 2.24) is 9.88 Å². The molecule has 4 rings (SSSR count). The minimum atomic E-state index is -4.76. The highest BCUT2D eigenvalue weighted by molar-refractivity contribution is 6.29. The van der Waals surface area contributed by atoms with E-state index in [1.54, 1.807) is 26.8 Å². The molecule has 1 spiro atoms. The number of ketones is 1. The number of nitrogens with zero attached hydrogens (tertiary/aromatic N) is 2. The fourth-order valence-electron chi connectivity index (χ4n) is 3.97. The summed E-state index contributed by atoms with van der Waals surface area (Å²) in [6.07, 6.45) is -3.66. The highest BCUT2D eigenvalue weighted by Crippen LogP contribution is 2.44. The van der Waals surface area contributed by atoms with Crippen LogP contribution in [-0.4, -0.2) is 46.6 Å². The van der Waals surface area contributed by atoms with Gasteiger partial charge < -0.3 is 14.4 Å². The van der Waals surface area contributed by atoms with Gasteiger partial charge in [-0.1, -0.05) is 23.7 Å². The quantitative estimate of drug-likeness (QED) is 0.318. The monoisotopic (exact) mass is 494 g/mol. The van der Waals surface area contributed by atoms with Crippen molar-refractivity contribution in [2.45, 2.75) is 44.8 Å². The Balaban J connectivity index is 1.54. The number of halogens is 4. The summed E-state index contributed by atoms with van der Waals surface area (Å²) in [5.41, 5.74) is -1.07. The summed E-state index contributed by atoms with van der Waals surface area (Å²) in [5, 5.41) is 0.0466. The molecule has 1 fully saturated rings. The molecule has 0 aliphatic carbocycles. The normalized spacial score (nSPS) is 17.4. The van der Waals surface area contributed by atoms with Gasteiger partial charge in [0.15, 0.2) is 5.78 Å². The van der Waals surface area contributed by atoms with E-state index in [-0.39, 0.29) is 22.9 Å². The molecule has 0 N–H and O–H groups in total. The maximum absolute atomic E-state index is 13.6. The largest absolute Gasteiger partial charge is 0.444 e. The number of carbonyl (C=O) groups is 2. The molecule has 10 heteroatoms. The molecule has 1 aromatic carbocycles. The van der Waals surface area contributed by atoms with Crippen molar-refractivity contribution >= 4 is 29.1 Å². The van der Waals surface area contributed by atoms with Crippen molar-refractivity contribution < 1.29 is 32.2 Å². The number of pyridine rings is 1. The van der Waals surface area contributed by atoms with E-state index >= 15 is 0 Å². The number of likely N-dealkylation sites (tertiary alicyclic amines) is 1. The van der Waals surface area contributed by atoms with Crippen LogP contribution in [0.3, 0.4) is 0 Å². The molecule has 2 aliphatic heterocycles. The molecule has 0 bridgehead atoms. The molecule has 0 saturated carbocycles. The Morgan fingerprint density at radius 2 is 1.82 bits per heavy atom. The summed E-state index contributed by atoms with van der Waals surface area (Å²) < 4.78 is 52.2. The Morgan fingerprint density at radius 1 is 1.15 bits per heavy atom. The van der Waals surface area contributed by atoms with Gasteiger partial charge in [0, 0.05) is 17.3 Å². The zero-order valence-electron chi connectivity index (χ0n) is 18.7. The average molecular weight is 495 g/mol. The van der Waals surface area contributed by atoms with Crippen molar-refractivity contribution in [1.29, 1.82) is 0 Å². The summed E-state index contributed by atoms with van der Waals surface area (Å²) in [6.45, 7) is 6.12. The first kappa shape index (κ1) is 24.2. The Hall–Kier alpha value is -2.91. The maximum Gasteiger partial charge on any atom is 0.417 e. The first-order chi connectivity index (χ1) is 15.8. The Morgan fingerprint density at radius 3 is 2.41 bits per heavy atom. The predicted octanol–water partition coefficient (Wildman–Crippen LogP) is 5.54. The van der Waals surface area contributed by atoms with Crippen LogP contribution in [-0.2, 0) is 21.7 Å². The molecular formula is C24H22ClF3N2O4. The first-order valence-electron chi connectivity index (χ1n) is 10.5. The zero-order valence-corrected chi connectivity index (χ0v) is 19.5. The molecule has 2 aliphatic rings. The summed E-state index contributed by atoms with van der Waals surface area (Å²) in [6, 6.07) is 7.07. The van der Waals surface area contributed by atoms with Crippen LogP contribution < -0.4 is 0 Å². The number of hydrogen-bond donors (Lipinski definition) is 0. The third-order valence-electron chi connectivity index (χ3n) is 5.55. The molecule has 0 radical (unpaired) electrons. The van der Waals surface area contributed by atoms with Gasteiger partial charge in [-0.2, -0.15) is 13.2 Å². The number of benzene rings is 1. The van der Waals surface area contributed by atoms with Gasteiger partial charge in [-0.3, -0.25) is 4.79 Å². The van der Waals surface area contributed by atoms with Crippen LogP contribution in [0.15, 0.2) is 42.6 Å². The Labute approximate surface area is 199 Å². The number of ether oxygens (including phenoxy) is 2. The van der Waals surface area contributed by atoms with Crippen molar-refractivity contribution in [2.75, 3.05) is 13.1 Å². The molecule has 1 amide bonds. The van der Waals surface area contributed by atoms with Gasteiger partial charge in [-0.25, -0.2) is 9.78 Å². The van der Waals surface area contributed by atoms with Gasteiger partial charge in [0.2, 0.25) is 0 Å². The van der Waals surface area contributed by atoms with Gasteiger partial charge in [-0.05, 0) is 56.2 Å². The summed E-state index contributed by atoms with van der Waals surface area (Å²) in [5.74, 6) is -0.796. The number of alkyl halides is 3. The summed E-state index contributed by atoms with van der Waals surface area (Å²) >= 11 is 5.66. The third-order valence-corrected chi connectivity index (χ3v) is 5.77. The minimum Gasteiger partial charge on any atom is -0.444 e. The number of amides is 1. The van der Waals surface area contributed by atoms with E-state index in [0.717, 1.165) is 17.8 Å². The highest BCUT2D eigenvalue weighted by Gasteiger charge is 2.52. The molecule has 3 heterocycles. The number of carbonyl (C=O) groups excluding carboxylic acids is 2. The predicted molar refractivity (Wildman–Crippen MR) is 118 cm³/mol. The smallest absolute Gasteiger partial charge is 0.417 e. The SMILES string of the molecule is CC(C)(C)OC(=O)N1CC2(C1)OCc1cc(C(=O)/C=C(/c3ccc(Cl)nc3)C(F)(F)F)ccc12. The van der Waals surface area contributed by atoms with Crippen LogP contribution in [0.25, 0.3) is 5.57 Å². The van der Waals surface area contributed by atoms with Crippen LogP contribution in [0.5, 0.6) is 0 Å². The van der Waals surface area contributed by atoms with Gasteiger partial charge in [0.05, 0.1) is 25.3 Å². The fraction of sp³-hybridized carbons (Fsp3) is 0.375. The van der Waals surface area contributed by atoms with Crippen LogP contribution in [0.1, 0.15) is 47.8 Å². The third kappa shape index (κ3) is 4.81. The van der Waals surface area contributed by atoms with Crippen molar-refractivity contribution in [3.8, 4) is 0 Å². The van der Waals surface area contributed by atoms with E-state index in [1.807, 2.05) is 0 Å². The van der Waals surface area contributed by atoms with Crippen LogP contribution >= 0.6 is 11.6 Å². The van der Waals surface area contributed by atoms with E-state index in [4.69, 9.17) is 21.1 Å². The van der Waals surface area contributed by atoms with Crippen molar-refractivity contribution in [2.24, 2.45) is 0 Å². The molecule has 6 nitrogen and oxygen atoms in total. The summed E-state index contributed by atoms with van der Waals surface area (Å²) in [4.78, 5) is 30.2. The number of rotatable bonds is 3. The van der Waals surface area contributed by atoms with Crippen molar-refractivity contribution in [3.05, 3.63) is 70.0 Å². The zero-order chi connectivity index (χ0) is 24.9. The lowest BCUT2D eigenvalue weighted by Crippen LogP contribution is -2.61. The van der Waals surface area contributed by atoms with Crippen LogP contribution in [0, 0.1) is 0 Å². The topological polar surface area (TPSA) is 68.7 Å². The number of aromatic nitrogens is 1. The van der Waals surface area contributed by atoms with E-state index in [2.05, 4.69) is 4.98 Å². The number of fused-ring (bicyclic) bond motifs is 2. The standard InChI is InChI=1S/C24H22ClF3N2O4/c1-22(2,3)34-21(32)30-12-23(13-30)17-6-4-14(8-16(17)11-33-23)19(31)9-18(24(26,27)28)15-5-7-20(25)29-10-15/h4-10H,11-13H2,1-3H3/b18-9-. The lowest BCUT2D eigenvalue weighted by Gasteiger charge is -2.47. The molecule has 2 aromatic rings. The molecule has 1 aromatic heterocycles. The van der Waals surface area contributed by atoms with Gasteiger partial charge in [0.25, 0.3) is 0 Å². The maximum atomic E-state index is 13.6. The number of hydrogen-bond acceptors (Lipinski definition) is 5. The Bertz CT molecular complexity index is 1160. The van der Waals surface area contributed by atoms with E-state index in [0.29, 0.717) is 24.7 Å². The second-order valence-corrected chi connectivity index (χ2v) is 9.67. The van der Waals surface area contributed by atoms with Gasteiger partial charge in [0.1, 0.15) is 16.4 Å². The van der Waals surface area contributed by atoms with E-state index in [9.17, 15) is 22.8 Å². The second kappa shape index (κ2) is 8.39. The molecule has 1 saturated heterocycles. The van der Waals surface area contributed by atoms with Crippen LogP contribution in [0.2, 0.25) is 5.15 Å². The lowest BCUT2D eigenvalue weighted by molar-refractivity contribution is -0.137. The summed E-state index contributed by atoms with van der Waals surface area (Å²) in [7, 11) is 0. The molecule has 180 valence electrons. The molecule has 0 unspecified atom stereocenters. The lowest BCUT2D eigenvalue weighted by atomic mass is 9.84. The van der Waals surface area contributed by atoms with Gasteiger partial charge >= 0.3 is 12.3 Å². The first-order valence-corrected chi connectivity index (χ1v) is 10.9. The van der Waals surface area contributed by atoms with Crippen LogP contribution in [0.4, 0.5) is 18.0 Å². The molecular weight excluding hydrogens is 473 g/mol. The second-order valence-electron chi connectivity index (χ2n) is 9.28. The average Bonchev–Trinajstić information content (AvgIpc) is 3.08. The van der Waals surface area contributed by atoms with E-state index < -0.39 is 34.8 Å². The van der Waals surface area contributed by atoms with E-state index in [1.165, 1.54) is 23.1 Å². The number of allylic oxidation sites excluding steroid dienone is 2. The fourth-order valence-corrected chi connectivity index (χ4v) is 4.08. The Kier molecular flexibility index (Phi) is 5.98. The van der Waals surface area contributed by atoms with Gasteiger partial charge in [-0.15, -0.1) is 0 Å².